The average molecular weight is 391 g/mol. The van der Waals surface area contributed by atoms with Crippen molar-refractivity contribution in [1.82, 2.24) is 9.88 Å². The molecule has 0 spiro atoms. The van der Waals surface area contributed by atoms with Crippen molar-refractivity contribution >= 4 is 5.97 Å². The van der Waals surface area contributed by atoms with Gasteiger partial charge in [-0.2, -0.15) is 0 Å². The van der Waals surface area contributed by atoms with Crippen LogP contribution in [-0.2, 0) is 19.5 Å². The minimum absolute atomic E-state index is 0.435. The molecule has 0 aliphatic rings. The third-order valence-electron chi connectivity index (χ3n) is 5.55. The zero-order chi connectivity index (χ0) is 20.8. The molecule has 29 heavy (non-hydrogen) atoms. The summed E-state index contributed by atoms with van der Waals surface area (Å²) in [5.74, 6) is -0.852. The SMILES string of the molecule is Cc1ccc(Cn2c(C)c(CNCCCc3ccccc3)c(C(=O)O)c2C)cc1. The molecule has 0 amide bonds. The summed E-state index contributed by atoms with van der Waals surface area (Å²) in [6, 6.07) is 18.8. The smallest absolute Gasteiger partial charge is 0.337 e. The van der Waals surface area contributed by atoms with Gasteiger partial charge in [-0.3, -0.25) is 0 Å². The van der Waals surface area contributed by atoms with Crippen LogP contribution >= 0.6 is 0 Å². The molecule has 0 aliphatic heterocycles. The highest BCUT2D eigenvalue weighted by Gasteiger charge is 2.22. The van der Waals surface area contributed by atoms with Gasteiger partial charge in [0.2, 0.25) is 0 Å². The Hall–Kier alpha value is -2.85. The molecule has 152 valence electrons. The molecule has 0 saturated carbocycles. The molecule has 0 radical (unpaired) electrons. The Morgan fingerprint density at radius 3 is 2.28 bits per heavy atom. The molecule has 4 nitrogen and oxygen atoms in total. The first-order valence-electron chi connectivity index (χ1n) is 10.2. The van der Waals surface area contributed by atoms with Crippen LogP contribution < -0.4 is 5.32 Å². The van der Waals surface area contributed by atoms with Crippen LogP contribution in [0.3, 0.4) is 0 Å². The Bertz CT molecular complexity index is 957. The summed E-state index contributed by atoms with van der Waals surface area (Å²) in [6.07, 6.45) is 2.04. The molecule has 0 atom stereocenters. The maximum atomic E-state index is 11.9. The van der Waals surface area contributed by atoms with Gasteiger partial charge in [0.15, 0.2) is 0 Å². The van der Waals surface area contributed by atoms with E-state index in [9.17, 15) is 9.90 Å². The molecule has 2 aromatic carbocycles. The third kappa shape index (κ3) is 5.15. The van der Waals surface area contributed by atoms with Gasteiger partial charge in [0, 0.05) is 30.0 Å². The van der Waals surface area contributed by atoms with Crippen LogP contribution in [0, 0.1) is 20.8 Å². The number of nitrogens with one attached hydrogen (secondary N) is 1. The molecular formula is C25H30N2O2. The van der Waals surface area contributed by atoms with E-state index in [0.29, 0.717) is 18.7 Å². The largest absolute Gasteiger partial charge is 0.478 e. The number of carboxylic acid groups (broad SMARTS) is 1. The average Bonchev–Trinajstić information content (AvgIpc) is 2.94. The Morgan fingerprint density at radius 1 is 0.931 bits per heavy atom. The molecule has 0 fully saturated rings. The van der Waals surface area contributed by atoms with Crippen LogP contribution in [0.4, 0.5) is 0 Å². The van der Waals surface area contributed by atoms with Crippen molar-refractivity contribution in [3.63, 3.8) is 0 Å². The molecule has 3 rings (SSSR count). The summed E-state index contributed by atoms with van der Waals surface area (Å²) in [7, 11) is 0. The van der Waals surface area contributed by atoms with Crippen molar-refractivity contribution in [3.05, 3.63) is 93.8 Å². The lowest BCUT2D eigenvalue weighted by atomic mass is 10.1. The number of hydrogen-bond acceptors (Lipinski definition) is 2. The second-order valence-corrected chi connectivity index (χ2v) is 7.67. The first kappa shape index (κ1) is 20.9. The highest BCUT2D eigenvalue weighted by Crippen LogP contribution is 2.24. The van der Waals surface area contributed by atoms with E-state index in [1.54, 1.807) is 0 Å². The highest BCUT2D eigenvalue weighted by atomic mass is 16.4. The standard InChI is InChI=1S/C25H30N2O2/c1-18-11-13-22(14-12-18)17-27-19(2)23(24(20(27)3)25(28)29)16-26-15-7-10-21-8-5-4-6-9-21/h4-6,8-9,11-14,26H,7,10,15-17H2,1-3H3,(H,28,29). The van der Waals surface area contributed by atoms with Crippen LogP contribution in [-0.4, -0.2) is 22.2 Å². The Morgan fingerprint density at radius 2 is 1.62 bits per heavy atom. The number of aromatic nitrogens is 1. The highest BCUT2D eigenvalue weighted by molar-refractivity contribution is 5.91. The summed E-state index contributed by atoms with van der Waals surface area (Å²) in [5.41, 5.74) is 6.90. The van der Waals surface area contributed by atoms with Crippen molar-refractivity contribution in [2.24, 2.45) is 0 Å². The Kier molecular flexibility index (Phi) is 6.89. The third-order valence-corrected chi connectivity index (χ3v) is 5.55. The van der Waals surface area contributed by atoms with Crippen LogP contribution in [0.1, 0.15) is 50.4 Å². The lowest BCUT2D eigenvalue weighted by Gasteiger charge is -2.11. The number of benzene rings is 2. The number of carboxylic acids is 1. The Labute approximate surface area is 173 Å². The molecule has 0 unspecified atom stereocenters. The number of carbonyl (C=O) groups is 1. The summed E-state index contributed by atoms with van der Waals surface area (Å²) >= 11 is 0. The van der Waals surface area contributed by atoms with Gasteiger partial charge < -0.3 is 15.0 Å². The van der Waals surface area contributed by atoms with E-state index >= 15 is 0 Å². The lowest BCUT2D eigenvalue weighted by molar-refractivity contribution is 0.0694. The van der Waals surface area contributed by atoms with Crippen LogP contribution in [0.5, 0.6) is 0 Å². The normalized spacial score (nSPS) is 11.0. The molecule has 2 N–H and O–H groups in total. The maximum absolute atomic E-state index is 11.9. The first-order chi connectivity index (χ1) is 14.0. The first-order valence-corrected chi connectivity index (χ1v) is 10.2. The van der Waals surface area contributed by atoms with Crippen molar-refractivity contribution in [3.8, 4) is 0 Å². The monoisotopic (exact) mass is 390 g/mol. The van der Waals surface area contributed by atoms with E-state index in [2.05, 4.69) is 65.3 Å². The van der Waals surface area contributed by atoms with Gasteiger partial charge in [-0.15, -0.1) is 0 Å². The molecule has 4 heteroatoms. The van der Waals surface area contributed by atoms with Crippen LogP contribution in [0.15, 0.2) is 54.6 Å². The number of rotatable bonds is 9. The number of hydrogen-bond donors (Lipinski definition) is 2. The Balaban J connectivity index is 1.68. The van der Waals surface area contributed by atoms with Gasteiger partial charge in [-0.25, -0.2) is 4.79 Å². The molecule has 1 heterocycles. The number of nitrogens with zero attached hydrogens (tertiary/aromatic N) is 1. The fraction of sp³-hybridized carbons (Fsp3) is 0.320. The van der Waals surface area contributed by atoms with E-state index in [1.165, 1.54) is 16.7 Å². The van der Waals surface area contributed by atoms with Gasteiger partial charge in [-0.1, -0.05) is 60.2 Å². The van der Waals surface area contributed by atoms with E-state index in [1.807, 2.05) is 19.9 Å². The number of aromatic carboxylic acids is 1. The fourth-order valence-electron chi connectivity index (χ4n) is 3.84. The second-order valence-electron chi connectivity index (χ2n) is 7.67. The maximum Gasteiger partial charge on any atom is 0.337 e. The van der Waals surface area contributed by atoms with Gasteiger partial charge in [0.05, 0.1) is 5.56 Å². The molecule has 0 aliphatic carbocycles. The summed E-state index contributed by atoms with van der Waals surface area (Å²) in [5, 5.41) is 13.2. The van der Waals surface area contributed by atoms with E-state index in [0.717, 1.165) is 36.3 Å². The minimum atomic E-state index is -0.852. The van der Waals surface area contributed by atoms with E-state index in [4.69, 9.17) is 0 Å². The zero-order valence-corrected chi connectivity index (χ0v) is 17.5. The summed E-state index contributed by atoms with van der Waals surface area (Å²) in [4.78, 5) is 11.9. The van der Waals surface area contributed by atoms with Gasteiger partial charge in [0.1, 0.15) is 0 Å². The molecule has 1 aromatic heterocycles. The fourth-order valence-corrected chi connectivity index (χ4v) is 3.84. The topological polar surface area (TPSA) is 54.3 Å². The molecular weight excluding hydrogens is 360 g/mol. The molecule has 0 saturated heterocycles. The molecule has 0 bridgehead atoms. The quantitative estimate of drug-likeness (QED) is 0.512. The second kappa shape index (κ2) is 9.57. The van der Waals surface area contributed by atoms with E-state index in [-0.39, 0.29) is 0 Å². The van der Waals surface area contributed by atoms with Gasteiger partial charge in [-0.05, 0) is 51.3 Å². The van der Waals surface area contributed by atoms with Crippen molar-refractivity contribution < 1.29 is 9.90 Å². The lowest BCUT2D eigenvalue weighted by Crippen LogP contribution is -2.17. The summed E-state index contributed by atoms with van der Waals surface area (Å²) in [6.45, 7) is 8.12. The van der Waals surface area contributed by atoms with Crippen LogP contribution in [0.25, 0.3) is 0 Å². The minimum Gasteiger partial charge on any atom is -0.478 e. The molecule has 3 aromatic rings. The van der Waals surface area contributed by atoms with Crippen molar-refractivity contribution in [2.45, 2.75) is 46.7 Å². The zero-order valence-electron chi connectivity index (χ0n) is 17.5. The van der Waals surface area contributed by atoms with Gasteiger partial charge >= 0.3 is 5.97 Å². The summed E-state index contributed by atoms with van der Waals surface area (Å²) < 4.78 is 2.12. The van der Waals surface area contributed by atoms with Crippen LogP contribution in [0.2, 0.25) is 0 Å². The van der Waals surface area contributed by atoms with E-state index < -0.39 is 5.97 Å². The number of aryl methyl sites for hydroxylation is 2. The van der Waals surface area contributed by atoms with Gasteiger partial charge in [0.25, 0.3) is 0 Å². The van der Waals surface area contributed by atoms with Crippen molar-refractivity contribution in [2.75, 3.05) is 6.54 Å². The predicted molar refractivity (Wildman–Crippen MR) is 118 cm³/mol. The van der Waals surface area contributed by atoms with Crippen molar-refractivity contribution in [1.29, 1.82) is 0 Å². The predicted octanol–water partition coefficient (Wildman–Crippen LogP) is 4.88.